The van der Waals surface area contributed by atoms with Crippen molar-refractivity contribution in [3.63, 3.8) is 0 Å². The van der Waals surface area contributed by atoms with Gasteiger partial charge in [0.25, 0.3) is 0 Å². The highest BCUT2D eigenvalue weighted by atomic mass is 16.4. The first-order valence-electron chi connectivity index (χ1n) is 18.1. The van der Waals surface area contributed by atoms with E-state index in [1.807, 2.05) is 84.0 Å². The van der Waals surface area contributed by atoms with Crippen LogP contribution in [0, 0.1) is 0 Å². The number of imidazole rings is 2. The molecule has 0 saturated carbocycles. The average Bonchev–Trinajstić information content (AvgIpc) is 3.91. The van der Waals surface area contributed by atoms with Gasteiger partial charge in [-0.1, -0.05) is 60.7 Å². The first-order chi connectivity index (χ1) is 25.0. The zero-order chi connectivity index (χ0) is 35.8. The van der Waals surface area contributed by atoms with E-state index < -0.39 is 5.97 Å². The van der Waals surface area contributed by atoms with Gasteiger partial charge in [-0.25, -0.2) is 14.8 Å². The van der Waals surface area contributed by atoms with E-state index in [1.54, 1.807) is 24.8 Å². The van der Waals surface area contributed by atoms with E-state index in [0.717, 1.165) is 75.9 Å². The van der Waals surface area contributed by atoms with Crippen LogP contribution in [0.2, 0.25) is 0 Å². The van der Waals surface area contributed by atoms with Crippen LogP contribution in [0.5, 0.6) is 0 Å². The first-order valence-corrected chi connectivity index (χ1v) is 18.1. The predicted molar refractivity (Wildman–Crippen MR) is 204 cm³/mol. The number of rotatable bonds is 14. The highest BCUT2D eigenvalue weighted by molar-refractivity contribution is 5.91. The van der Waals surface area contributed by atoms with Crippen molar-refractivity contribution in [2.24, 2.45) is 0 Å². The fraction of sp³-hybridized carbons (Fsp3) is 0.400. The number of benzene rings is 2. The molecule has 1 amide bonds. The molecule has 272 valence electrons. The van der Waals surface area contributed by atoms with Crippen LogP contribution in [0.1, 0.15) is 48.2 Å². The molecule has 4 N–H and O–H groups in total. The van der Waals surface area contributed by atoms with E-state index in [9.17, 15) is 9.59 Å². The van der Waals surface area contributed by atoms with Crippen molar-refractivity contribution >= 4 is 24.0 Å². The van der Waals surface area contributed by atoms with Crippen molar-refractivity contribution in [1.82, 2.24) is 40.0 Å². The number of carboxylic acids is 1. The number of carbonyl (C=O) groups is 2. The number of nitrogens with one attached hydrogen (secondary N) is 3. The van der Waals surface area contributed by atoms with E-state index in [1.165, 1.54) is 56.7 Å². The largest absolute Gasteiger partial charge is 0.478 e. The van der Waals surface area contributed by atoms with Gasteiger partial charge in [-0.2, -0.15) is 0 Å². The number of hydrogen-bond donors (Lipinski definition) is 4. The Kier molecular flexibility index (Phi) is 18.0. The molecule has 0 radical (unpaired) electrons. The van der Waals surface area contributed by atoms with Gasteiger partial charge in [0.05, 0.1) is 12.7 Å². The van der Waals surface area contributed by atoms with Crippen LogP contribution in [-0.4, -0.2) is 117 Å². The van der Waals surface area contributed by atoms with Crippen LogP contribution in [0.15, 0.2) is 97.9 Å². The molecule has 2 saturated heterocycles. The number of H-pyrrole nitrogens is 2. The Balaban J connectivity index is 0.000000190. The minimum atomic E-state index is -0.922. The number of carboxylic acid groups (broad SMARTS) is 1. The zero-order valence-corrected chi connectivity index (χ0v) is 29.7. The van der Waals surface area contributed by atoms with Crippen LogP contribution in [0.4, 0.5) is 0 Å². The third-order valence-corrected chi connectivity index (χ3v) is 8.78. The maximum atomic E-state index is 12.3. The molecule has 0 unspecified atom stereocenters. The number of unbranched alkanes of at least 4 members (excludes halogenated alkanes) is 2. The van der Waals surface area contributed by atoms with Crippen molar-refractivity contribution in [2.75, 3.05) is 65.4 Å². The van der Waals surface area contributed by atoms with E-state index in [4.69, 9.17) is 5.11 Å². The second-order valence-electron chi connectivity index (χ2n) is 12.7. The summed E-state index contributed by atoms with van der Waals surface area (Å²) in [5.74, 6) is -0.809. The molecular weight excluding hydrogens is 640 g/mol. The molecule has 11 nitrogen and oxygen atoms in total. The van der Waals surface area contributed by atoms with Crippen molar-refractivity contribution in [2.45, 2.75) is 38.5 Å². The molecule has 4 aromatic rings. The molecule has 0 bridgehead atoms. The lowest BCUT2D eigenvalue weighted by Crippen LogP contribution is -2.48. The minimum absolute atomic E-state index is 0.114. The molecule has 6 rings (SSSR count). The Bertz CT molecular complexity index is 1530. The van der Waals surface area contributed by atoms with Gasteiger partial charge in [-0.05, 0) is 74.9 Å². The second-order valence-corrected chi connectivity index (χ2v) is 12.7. The van der Waals surface area contributed by atoms with Crippen molar-refractivity contribution < 1.29 is 14.7 Å². The number of aryl methyl sites for hydroxylation is 2. The molecule has 0 atom stereocenters. The number of piperazine rings is 2. The van der Waals surface area contributed by atoms with Crippen LogP contribution >= 0.6 is 0 Å². The van der Waals surface area contributed by atoms with Gasteiger partial charge in [0.1, 0.15) is 0 Å². The molecule has 11 heteroatoms. The molecule has 2 fully saturated rings. The fourth-order valence-electron chi connectivity index (χ4n) is 5.84. The predicted octanol–water partition coefficient (Wildman–Crippen LogP) is 5.01. The monoisotopic (exact) mass is 694 g/mol. The molecule has 2 aliphatic rings. The number of aromatic amines is 2. The maximum absolute atomic E-state index is 12.3. The van der Waals surface area contributed by atoms with Gasteiger partial charge >= 0.3 is 5.97 Å². The molecule has 0 spiro atoms. The summed E-state index contributed by atoms with van der Waals surface area (Å²) in [6, 6.07) is 19.3. The molecule has 4 heterocycles. The highest BCUT2D eigenvalue weighted by Crippen LogP contribution is 2.08. The van der Waals surface area contributed by atoms with Gasteiger partial charge in [0.2, 0.25) is 5.91 Å². The summed E-state index contributed by atoms with van der Waals surface area (Å²) < 4.78 is 0. The van der Waals surface area contributed by atoms with E-state index >= 15 is 0 Å². The zero-order valence-electron chi connectivity index (χ0n) is 29.7. The minimum Gasteiger partial charge on any atom is -0.478 e. The second kappa shape index (κ2) is 23.5. The number of amides is 1. The van der Waals surface area contributed by atoms with Crippen LogP contribution in [0.25, 0.3) is 12.2 Å². The summed E-state index contributed by atoms with van der Waals surface area (Å²) in [6.45, 7) is 10.7. The topological polar surface area (TPSA) is 133 Å². The van der Waals surface area contributed by atoms with Gasteiger partial charge < -0.3 is 30.2 Å². The van der Waals surface area contributed by atoms with Crippen LogP contribution in [0.3, 0.4) is 0 Å². The van der Waals surface area contributed by atoms with Crippen molar-refractivity contribution in [1.29, 1.82) is 0 Å². The number of hydrogen-bond acceptors (Lipinski definition) is 7. The Morgan fingerprint density at radius 1 is 0.647 bits per heavy atom. The normalized spacial score (nSPS) is 15.3. The Morgan fingerprint density at radius 3 is 1.61 bits per heavy atom. The lowest BCUT2D eigenvalue weighted by Gasteiger charge is -2.34. The summed E-state index contributed by atoms with van der Waals surface area (Å²) >= 11 is 0. The van der Waals surface area contributed by atoms with Gasteiger partial charge in [0, 0.05) is 88.3 Å². The van der Waals surface area contributed by atoms with Gasteiger partial charge in [-0.15, -0.1) is 0 Å². The number of aliphatic carboxylic acids is 1. The lowest BCUT2D eigenvalue weighted by molar-refractivity contribution is -0.131. The van der Waals surface area contributed by atoms with Crippen LogP contribution in [-0.2, 0) is 22.4 Å². The summed E-state index contributed by atoms with van der Waals surface area (Å²) in [4.78, 5) is 43.7. The molecule has 51 heavy (non-hydrogen) atoms. The maximum Gasteiger partial charge on any atom is 0.328 e. The Hall–Kier alpha value is -4.84. The molecule has 2 aliphatic heterocycles. The third kappa shape index (κ3) is 16.6. The highest BCUT2D eigenvalue weighted by Gasteiger charge is 2.19. The quantitative estimate of drug-likeness (QED) is 0.107. The average molecular weight is 695 g/mol. The standard InChI is InChI=1S/C20H26N4O.C11H20N4.C9H8O2/c25-20(10-9-18-6-2-1-3-7-18)24-14-12-23(13-15-24)11-5-4-8-19-16-21-17-22-19;1(3-11-9-13-10-14-11)2-6-15-7-4-12-5-8-15;10-9(11)7-6-8-4-2-1-3-5-8/h1-3,6-7,9-10,16-17H,4-5,8,11-15H2,(H,21,22);9-10,12H,1-8H2,(H,13,14);1-7H,(H,10,11)/b10-9+;;7-6+. The number of carbonyl (C=O) groups excluding carboxylic acids is 1. The summed E-state index contributed by atoms with van der Waals surface area (Å²) in [7, 11) is 0. The van der Waals surface area contributed by atoms with Crippen molar-refractivity contribution in [3.05, 3.63) is 120 Å². The van der Waals surface area contributed by atoms with E-state index in [-0.39, 0.29) is 5.91 Å². The Labute approximate surface area is 302 Å². The SMILES string of the molecule is O=C(/C=C/c1ccccc1)N1CCN(CCCCc2cnc[nH]2)CC1.O=C(O)/C=C/c1ccccc1.c1ncc(CCCCN2CCNCC2)[nH]1. The Morgan fingerprint density at radius 2 is 1.14 bits per heavy atom. The first kappa shape index (κ1) is 39.0. The number of aromatic nitrogens is 4. The summed E-state index contributed by atoms with van der Waals surface area (Å²) in [5.41, 5.74) is 4.43. The summed E-state index contributed by atoms with van der Waals surface area (Å²) in [6.07, 6.45) is 20.7. The lowest BCUT2D eigenvalue weighted by atomic mass is 10.2. The van der Waals surface area contributed by atoms with E-state index in [0.29, 0.717) is 0 Å². The molecular formula is C40H54N8O3. The smallest absolute Gasteiger partial charge is 0.328 e. The molecule has 0 aliphatic carbocycles. The number of nitrogens with zero attached hydrogens (tertiary/aromatic N) is 5. The van der Waals surface area contributed by atoms with Gasteiger partial charge in [0.15, 0.2) is 0 Å². The fourth-order valence-corrected chi connectivity index (χ4v) is 5.84. The van der Waals surface area contributed by atoms with E-state index in [2.05, 4.69) is 35.1 Å². The van der Waals surface area contributed by atoms with Crippen LogP contribution < -0.4 is 5.32 Å². The molecule has 2 aromatic heterocycles. The van der Waals surface area contributed by atoms with Crippen molar-refractivity contribution in [3.8, 4) is 0 Å². The third-order valence-electron chi connectivity index (χ3n) is 8.78. The molecule has 2 aromatic carbocycles. The van der Waals surface area contributed by atoms with Gasteiger partial charge in [-0.3, -0.25) is 9.69 Å². The summed E-state index contributed by atoms with van der Waals surface area (Å²) in [5, 5.41) is 11.7.